The van der Waals surface area contributed by atoms with Crippen LogP contribution in [-0.2, 0) is 10.0 Å². The summed E-state index contributed by atoms with van der Waals surface area (Å²) in [7, 11) is -3.27. The van der Waals surface area contributed by atoms with Crippen LogP contribution in [0.4, 0.5) is 5.69 Å². The van der Waals surface area contributed by atoms with Crippen molar-refractivity contribution in [2.75, 3.05) is 24.1 Å². The van der Waals surface area contributed by atoms with Crippen LogP contribution in [0.5, 0.6) is 0 Å². The van der Waals surface area contributed by atoms with Gasteiger partial charge in [0.25, 0.3) is 0 Å². The molecule has 4 nitrogen and oxygen atoms in total. The Kier molecular flexibility index (Phi) is 4.53. The van der Waals surface area contributed by atoms with Gasteiger partial charge in [-0.1, -0.05) is 12.1 Å². The van der Waals surface area contributed by atoms with Gasteiger partial charge in [0.1, 0.15) is 0 Å². The minimum absolute atomic E-state index is 0.284. The fraction of sp³-hybridized carbons (Fsp3) is 0.500. The maximum absolute atomic E-state index is 12.3. The minimum atomic E-state index is -3.27. The van der Waals surface area contributed by atoms with Crippen molar-refractivity contribution in [1.82, 2.24) is 5.32 Å². The van der Waals surface area contributed by atoms with Crippen LogP contribution in [0.25, 0.3) is 0 Å². The van der Waals surface area contributed by atoms with E-state index in [2.05, 4.69) is 10.0 Å². The Morgan fingerprint density at radius 2 is 1.94 bits per heavy atom. The lowest BCUT2D eigenvalue weighted by molar-refractivity contribution is 0.499. The van der Waals surface area contributed by atoms with Gasteiger partial charge in [0.2, 0.25) is 10.0 Å². The Bertz CT molecular complexity index is 497. The molecular formula is C12H18N2O2S2. The molecule has 0 spiro atoms. The van der Waals surface area contributed by atoms with Crippen molar-refractivity contribution < 1.29 is 8.42 Å². The fourth-order valence-corrected chi connectivity index (χ4v) is 4.20. The number of hydrogen-bond acceptors (Lipinski definition) is 4. The second kappa shape index (κ2) is 5.95. The lowest BCUT2D eigenvalue weighted by Gasteiger charge is -2.23. The van der Waals surface area contributed by atoms with Crippen LogP contribution in [0, 0.1) is 0 Å². The number of hydrogen-bond donors (Lipinski definition) is 2. The van der Waals surface area contributed by atoms with Crippen molar-refractivity contribution in [2.24, 2.45) is 0 Å². The van der Waals surface area contributed by atoms with E-state index in [1.54, 1.807) is 11.8 Å². The molecule has 1 aromatic carbocycles. The van der Waals surface area contributed by atoms with E-state index in [1.807, 2.05) is 30.5 Å². The quantitative estimate of drug-likeness (QED) is 0.830. The van der Waals surface area contributed by atoms with Gasteiger partial charge in [0, 0.05) is 4.90 Å². The zero-order valence-corrected chi connectivity index (χ0v) is 12.0. The van der Waals surface area contributed by atoms with E-state index in [9.17, 15) is 8.42 Å². The molecular weight excluding hydrogens is 268 g/mol. The van der Waals surface area contributed by atoms with Gasteiger partial charge in [0.05, 0.1) is 10.9 Å². The smallest absolute Gasteiger partial charge is 0.235 e. The summed E-state index contributed by atoms with van der Waals surface area (Å²) in [5, 5.41) is 2.89. The third-order valence-corrected chi connectivity index (χ3v) is 5.73. The lowest BCUT2D eigenvalue weighted by atomic mass is 10.2. The molecule has 2 N–H and O–H groups in total. The van der Waals surface area contributed by atoms with Gasteiger partial charge < -0.3 is 5.32 Å². The number of sulfonamides is 1. The van der Waals surface area contributed by atoms with E-state index in [0.29, 0.717) is 18.5 Å². The first kappa shape index (κ1) is 13.7. The molecule has 0 saturated carbocycles. The summed E-state index contributed by atoms with van der Waals surface area (Å²) < 4.78 is 27.3. The highest BCUT2D eigenvalue weighted by Gasteiger charge is 2.27. The van der Waals surface area contributed by atoms with E-state index < -0.39 is 10.0 Å². The Hall–Kier alpha value is -0.720. The minimum Gasteiger partial charge on any atom is -0.317 e. The molecule has 0 aromatic heterocycles. The number of nitrogens with one attached hydrogen (secondary N) is 2. The standard InChI is InChI=1S/C12H18N2O2S2/c1-17-12-5-3-2-4-11(12)14-18(15,16)10-6-8-13-9-7-10/h2-5,10,13-14H,6-9H2,1H3. The van der Waals surface area contributed by atoms with Gasteiger partial charge in [0.15, 0.2) is 0 Å². The normalized spacial score (nSPS) is 17.6. The highest BCUT2D eigenvalue weighted by atomic mass is 32.2. The first-order chi connectivity index (χ1) is 8.63. The Balaban J connectivity index is 2.16. The molecule has 1 fully saturated rings. The molecule has 0 amide bonds. The van der Waals surface area contributed by atoms with E-state index in [4.69, 9.17) is 0 Å². The van der Waals surface area contributed by atoms with Crippen LogP contribution in [-0.4, -0.2) is 33.0 Å². The largest absolute Gasteiger partial charge is 0.317 e. The molecule has 18 heavy (non-hydrogen) atoms. The predicted molar refractivity (Wildman–Crippen MR) is 76.7 cm³/mol. The van der Waals surface area contributed by atoms with Crippen molar-refractivity contribution in [3.8, 4) is 0 Å². The van der Waals surface area contributed by atoms with Crippen molar-refractivity contribution in [1.29, 1.82) is 0 Å². The lowest BCUT2D eigenvalue weighted by Crippen LogP contribution is -2.38. The summed E-state index contributed by atoms with van der Waals surface area (Å²) in [6.45, 7) is 1.55. The van der Waals surface area contributed by atoms with Gasteiger partial charge in [-0.15, -0.1) is 11.8 Å². The third kappa shape index (κ3) is 3.18. The maximum atomic E-state index is 12.3. The summed E-state index contributed by atoms with van der Waals surface area (Å²) in [5.74, 6) is 0. The van der Waals surface area contributed by atoms with Gasteiger partial charge in [-0.25, -0.2) is 8.42 Å². The molecule has 1 heterocycles. The Labute approximate surface area is 113 Å². The predicted octanol–water partition coefficient (Wildman–Crippen LogP) is 1.90. The summed E-state index contributed by atoms with van der Waals surface area (Å²) in [5.41, 5.74) is 0.684. The number of benzene rings is 1. The molecule has 0 bridgehead atoms. The Morgan fingerprint density at radius 1 is 1.28 bits per heavy atom. The molecule has 1 saturated heterocycles. The number of rotatable bonds is 4. The molecule has 6 heteroatoms. The molecule has 1 aliphatic heterocycles. The molecule has 0 radical (unpaired) electrons. The zero-order chi connectivity index (χ0) is 13.0. The second-order valence-electron chi connectivity index (χ2n) is 4.30. The molecule has 1 aliphatic rings. The monoisotopic (exact) mass is 286 g/mol. The topological polar surface area (TPSA) is 58.2 Å². The fourth-order valence-electron chi connectivity index (χ4n) is 2.07. The molecule has 100 valence electrons. The van der Waals surface area contributed by atoms with Crippen molar-refractivity contribution >= 4 is 27.5 Å². The van der Waals surface area contributed by atoms with E-state index in [-0.39, 0.29) is 5.25 Å². The maximum Gasteiger partial charge on any atom is 0.235 e. The first-order valence-corrected chi connectivity index (χ1v) is 8.76. The van der Waals surface area contributed by atoms with E-state index in [0.717, 1.165) is 18.0 Å². The number of piperidine rings is 1. The number of thioether (sulfide) groups is 1. The average Bonchev–Trinajstić information content (AvgIpc) is 2.40. The average molecular weight is 286 g/mol. The van der Waals surface area contributed by atoms with Crippen molar-refractivity contribution in [2.45, 2.75) is 23.0 Å². The van der Waals surface area contributed by atoms with Crippen LogP contribution in [0.2, 0.25) is 0 Å². The number of anilines is 1. The highest BCUT2D eigenvalue weighted by molar-refractivity contribution is 7.99. The Morgan fingerprint density at radius 3 is 2.61 bits per heavy atom. The van der Waals surface area contributed by atoms with Crippen LogP contribution in [0.3, 0.4) is 0 Å². The SMILES string of the molecule is CSc1ccccc1NS(=O)(=O)C1CCNCC1. The van der Waals surface area contributed by atoms with Crippen molar-refractivity contribution in [3.05, 3.63) is 24.3 Å². The van der Waals surface area contributed by atoms with Crippen LogP contribution in [0.1, 0.15) is 12.8 Å². The molecule has 1 aromatic rings. The van der Waals surface area contributed by atoms with E-state index in [1.165, 1.54) is 0 Å². The summed E-state index contributed by atoms with van der Waals surface area (Å²) in [4.78, 5) is 0.954. The van der Waals surface area contributed by atoms with Crippen LogP contribution < -0.4 is 10.0 Å². The molecule has 2 rings (SSSR count). The van der Waals surface area contributed by atoms with E-state index >= 15 is 0 Å². The molecule has 0 atom stereocenters. The van der Waals surface area contributed by atoms with Crippen LogP contribution in [0.15, 0.2) is 29.2 Å². The second-order valence-corrected chi connectivity index (χ2v) is 7.11. The van der Waals surface area contributed by atoms with Gasteiger partial charge >= 0.3 is 0 Å². The summed E-state index contributed by atoms with van der Waals surface area (Å²) >= 11 is 1.54. The summed E-state index contributed by atoms with van der Waals surface area (Å²) in [6.07, 6.45) is 3.30. The number of para-hydroxylation sites is 1. The van der Waals surface area contributed by atoms with Crippen LogP contribution >= 0.6 is 11.8 Å². The van der Waals surface area contributed by atoms with Gasteiger partial charge in [-0.3, -0.25) is 4.72 Å². The third-order valence-electron chi connectivity index (χ3n) is 3.08. The van der Waals surface area contributed by atoms with Gasteiger partial charge in [-0.05, 0) is 44.3 Å². The highest BCUT2D eigenvalue weighted by Crippen LogP contribution is 2.27. The zero-order valence-electron chi connectivity index (χ0n) is 10.3. The molecule has 0 unspecified atom stereocenters. The van der Waals surface area contributed by atoms with Crippen molar-refractivity contribution in [3.63, 3.8) is 0 Å². The first-order valence-electron chi connectivity index (χ1n) is 5.99. The summed E-state index contributed by atoms with van der Waals surface area (Å²) in [6, 6.07) is 7.49. The van der Waals surface area contributed by atoms with Gasteiger partial charge in [-0.2, -0.15) is 0 Å². The molecule has 0 aliphatic carbocycles.